The van der Waals surface area contributed by atoms with Crippen LogP contribution in [0.4, 0.5) is 5.13 Å². The van der Waals surface area contributed by atoms with E-state index in [2.05, 4.69) is 10.3 Å². The van der Waals surface area contributed by atoms with Crippen LogP contribution in [-0.2, 0) is 17.6 Å². The van der Waals surface area contributed by atoms with E-state index in [1.165, 1.54) is 11.3 Å². The highest BCUT2D eigenvalue weighted by Crippen LogP contribution is 2.38. The van der Waals surface area contributed by atoms with Gasteiger partial charge in [0.2, 0.25) is 5.91 Å². The molecule has 0 spiro atoms. The van der Waals surface area contributed by atoms with Crippen molar-refractivity contribution in [1.29, 1.82) is 0 Å². The van der Waals surface area contributed by atoms with Gasteiger partial charge in [-0.2, -0.15) is 0 Å². The molecule has 1 N–H and O–H groups in total. The minimum atomic E-state index is -0.0974. The van der Waals surface area contributed by atoms with Crippen LogP contribution in [0.15, 0.2) is 6.07 Å². The first kappa shape index (κ1) is 16.7. The number of anilines is 1. The molecule has 1 aliphatic heterocycles. The molecule has 1 fully saturated rings. The van der Waals surface area contributed by atoms with Gasteiger partial charge in [0.15, 0.2) is 5.13 Å². The minimum absolute atomic E-state index is 0.0974. The van der Waals surface area contributed by atoms with Crippen LogP contribution in [0.25, 0.3) is 0 Å². The fraction of sp³-hybridized carbons (Fsp3) is 0.500. The van der Waals surface area contributed by atoms with Crippen molar-refractivity contribution in [3.63, 3.8) is 0 Å². The lowest BCUT2D eigenvalue weighted by atomic mass is 10.1. The average molecular weight is 376 g/mol. The molecule has 5 nitrogen and oxygen atoms in total. The molecule has 1 saturated heterocycles. The Hall–Kier alpha value is -1.73. The van der Waals surface area contributed by atoms with Crippen LogP contribution >= 0.6 is 22.7 Å². The Labute approximate surface area is 155 Å². The molecule has 2 amide bonds. The van der Waals surface area contributed by atoms with Crippen molar-refractivity contribution in [1.82, 2.24) is 9.88 Å². The number of hydrogen-bond acceptors (Lipinski definition) is 5. The zero-order valence-corrected chi connectivity index (χ0v) is 16.1. The first-order valence-electron chi connectivity index (χ1n) is 8.70. The molecule has 0 saturated carbocycles. The van der Waals surface area contributed by atoms with E-state index in [0.29, 0.717) is 10.7 Å². The SMILES string of the molecule is CC(=O)N1CCCC1c1cc(C(=O)Nc2nc3c(s2)CCC3)c(C)s1. The van der Waals surface area contributed by atoms with E-state index in [1.807, 2.05) is 17.9 Å². The number of thiophene rings is 1. The summed E-state index contributed by atoms with van der Waals surface area (Å²) in [6.45, 7) is 4.40. The van der Waals surface area contributed by atoms with E-state index in [0.717, 1.165) is 47.7 Å². The molecule has 25 heavy (non-hydrogen) atoms. The second-order valence-corrected chi connectivity index (χ2v) is 9.06. The first-order chi connectivity index (χ1) is 12.0. The van der Waals surface area contributed by atoms with Gasteiger partial charge >= 0.3 is 0 Å². The Morgan fingerprint density at radius 1 is 1.28 bits per heavy atom. The van der Waals surface area contributed by atoms with Crippen molar-refractivity contribution >= 4 is 39.6 Å². The number of aryl methyl sites for hydroxylation is 3. The summed E-state index contributed by atoms with van der Waals surface area (Å²) in [7, 11) is 0. The molecule has 3 heterocycles. The van der Waals surface area contributed by atoms with E-state index in [9.17, 15) is 9.59 Å². The summed E-state index contributed by atoms with van der Waals surface area (Å²) < 4.78 is 0. The molecule has 0 aromatic carbocycles. The van der Waals surface area contributed by atoms with E-state index in [1.54, 1.807) is 29.6 Å². The van der Waals surface area contributed by atoms with Crippen molar-refractivity contribution in [2.75, 3.05) is 11.9 Å². The molecule has 4 rings (SSSR count). The third kappa shape index (κ3) is 3.11. The van der Waals surface area contributed by atoms with Crippen LogP contribution in [0.1, 0.15) is 62.9 Å². The highest BCUT2D eigenvalue weighted by atomic mass is 32.1. The van der Waals surface area contributed by atoms with Gasteiger partial charge in [0.05, 0.1) is 17.3 Å². The number of amides is 2. The Morgan fingerprint density at radius 2 is 2.12 bits per heavy atom. The monoisotopic (exact) mass is 375 g/mol. The van der Waals surface area contributed by atoms with Gasteiger partial charge < -0.3 is 4.90 Å². The lowest BCUT2D eigenvalue weighted by molar-refractivity contribution is -0.129. The quantitative estimate of drug-likeness (QED) is 0.884. The highest BCUT2D eigenvalue weighted by molar-refractivity contribution is 7.16. The predicted molar refractivity (Wildman–Crippen MR) is 101 cm³/mol. The van der Waals surface area contributed by atoms with Gasteiger partial charge in [0.25, 0.3) is 5.91 Å². The normalized spacial score (nSPS) is 19.3. The molecular weight excluding hydrogens is 354 g/mol. The smallest absolute Gasteiger partial charge is 0.258 e. The van der Waals surface area contributed by atoms with Crippen molar-refractivity contribution in [3.05, 3.63) is 32.0 Å². The second-order valence-electron chi connectivity index (χ2n) is 6.69. The van der Waals surface area contributed by atoms with E-state index >= 15 is 0 Å². The summed E-state index contributed by atoms with van der Waals surface area (Å²) in [6, 6.07) is 2.08. The second kappa shape index (κ2) is 6.53. The minimum Gasteiger partial charge on any atom is -0.335 e. The number of carbonyl (C=O) groups excluding carboxylic acids is 2. The van der Waals surface area contributed by atoms with Gasteiger partial charge in [0.1, 0.15) is 0 Å². The number of hydrogen-bond donors (Lipinski definition) is 1. The number of thiazole rings is 1. The maximum atomic E-state index is 12.7. The number of fused-ring (bicyclic) bond motifs is 1. The number of aromatic nitrogens is 1. The molecule has 2 aliphatic rings. The summed E-state index contributed by atoms with van der Waals surface area (Å²) in [5, 5.41) is 3.66. The number of nitrogens with one attached hydrogen (secondary N) is 1. The fourth-order valence-electron chi connectivity index (χ4n) is 3.74. The Morgan fingerprint density at radius 3 is 2.88 bits per heavy atom. The van der Waals surface area contributed by atoms with Crippen LogP contribution in [-0.4, -0.2) is 28.2 Å². The molecule has 1 aliphatic carbocycles. The summed E-state index contributed by atoms with van der Waals surface area (Å²) in [4.78, 5) is 34.4. The predicted octanol–water partition coefficient (Wildman–Crippen LogP) is 3.94. The third-order valence-corrected chi connectivity index (χ3v) is 7.21. The van der Waals surface area contributed by atoms with Crippen molar-refractivity contribution in [2.24, 2.45) is 0 Å². The molecule has 0 bridgehead atoms. The molecule has 2 aromatic rings. The van der Waals surface area contributed by atoms with Gasteiger partial charge in [-0.3, -0.25) is 14.9 Å². The van der Waals surface area contributed by atoms with Crippen LogP contribution in [0.5, 0.6) is 0 Å². The number of nitrogens with zero attached hydrogens (tertiary/aromatic N) is 2. The van der Waals surface area contributed by atoms with Crippen molar-refractivity contribution in [3.8, 4) is 0 Å². The lowest BCUT2D eigenvalue weighted by Gasteiger charge is -2.22. The Bertz CT molecular complexity index is 818. The molecule has 1 unspecified atom stereocenters. The zero-order valence-electron chi connectivity index (χ0n) is 14.4. The Kier molecular flexibility index (Phi) is 4.37. The van der Waals surface area contributed by atoms with Crippen molar-refractivity contribution < 1.29 is 9.59 Å². The van der Waals surface area contributed by atoms with Gasteiger partial charge in [0, 0.05) is 28.1 Å². The fourth-order valence-corrected chi connectivity index (χ4v) is 5.96. The summed E-state index contributed by atoms with van der Waals surface area (Å²) in [5.74, 6) is 0.0108. The molecule has 7 heteroatoms. The van der Waals surface area contributed by atoms with E-state index in [4.69, 9.17) is 0 Å². The number of rotatable bonds is 3. The summed E-state index contributed by atoms with van der Waals surface area (Å²) in [5.41, 5.74) is 1.84. The average Bonchev–Trinajstić information content (AvgIpc) is 3.28. The summed E-state index contributed by atoms with van der Waals surface area (Å²) in [6.07, 6.45) is 5.26. The van der Waals surface area contributed by atoms with Gasteiger partial charge in [-0.25, -0.2) is 4.98 Å². The van der Waals surface area contributed by atoms with Crippen LogP contribution in [0, 0.1) is 6.92 Å². The molecule has 0 radical (unpaired) electrons. The first-order valence-corrected chi connectivity index (χ1v) is 10.3. The maximum absolute atomic E-state index is 12.7. The molecule has 132 valence electrons. The highest BCUT2D eigenvalue weighted by Gasteiger charge is 2.30. The van der Waals surface area contributed by atoms with Crippen LogP contribution in [0.3, 0.4) is 0 Å². The van der Waals surface area contributed by atoms with E-state index in [-0.39, 0.29) is 17.9 Å². The summed E-state index contributed by atoms with van der Waals surface area (Å²) >= 11 is 3.22. The number of likely N-dealkylation sites (tertiary alicyclic amines) is 1. The van der Waals surface area contributed by atoms with Gasteiger partial charge in [-0.15, -0.1) is 22.7 Å². The third-order valence-electron chi connectivity index (χ3n) is 4.98. The van der Waals surface area contributed by atoms with Crippen LogP contribution < -0.4 is 5.32 Å². The van der Waals surface area contributed by atoms with Gasteiger partial charge in [-0.1, -0.05) is 0 Å². The number of carbonyl (C=O) groups is 2. The van der Waals surface area contributed by atoms with Crippen molar-refractivity contribution in [2.45, 2.75) is 52.0 Å². The molecular formula is C18H21N3O2S2. The Balaban J connectivity index is 1.53. The lowest BCUT2D eigenvalue weighted by Crippen LogP contribution is -2.27. The standard InChI is InChI=1S/C18H21N3O2S2/c1-10-12(9-16(24-10)14-6-4-8-21(14)11(2)22)17(23)20-18-19-13-5-3-7-15(13)25-18/h9,14H,3-8H2,1-2H3,(H,19,20,23). The molecule has 2 aromatic heterocycles. The zero-order chi connectivity index (χ0) is 17.6. The van der Waals surface area contributed by atoms with Crippen LogP contribution in [0.2, 0.25) is 0 Å². The largest absolute Gasteiger partial charge is 0.335 e. The topological polar surface area (TPSA) is 62.3 Å². The molecule has 1 atom stereocenters. The van der Waals surface area contributed by atoms with Gasteiger partial charge in [-0.05, 0) is 45.1 Å². The van der Waals surface area contributed by atoms with E-state index < -0.39 is 0 Å². The maximum Gasteiger partial charge on any atom is 0.258 e.